The molecular formula is C26H26ClN3O2. The molecule has 0 N–H and O–H groups in total. The molecule has 32 heavy (non-hydrogen) atoms. The zero-order chi connectivity index (χ0) is 22.5. The van der Waals surface area contributed by atoms with Crippen molar-refractivity contribution in [1.82, 2.24) is 9.91 Å². The number of rotatable bonds is 7. The molecule has 3 aromatic rings. The fraction of sp³-hybridized carbons (Fsp3) is 0.231. The van der Waals surface area contributed by atoms with Gasteiger partial charge in [-0.25, -0.2) is 5.01 Å². The van der Waals surface area contributed by atoms with Crippen molar-refractivity contribution in [3.63, 3.8) is 0 Å². The number of hydrogen-bond acceptors (Lipinski definition) is 4. The van der Waals surface area contributed by atoms with Crippen LogP contribution in [0.4, 0.5) is 0 Å². The number of benzene rings is 3. The lowest BCUT2D eigenvalue weighted by Gasteiger charge is -2.25. The van der Waals surface area contributed by atoms with Crippen LogP contribution in [0, 0.1) is 0 Å². The zero-order valence-corrected chi connectivity index (χ0v) is 19.0. The normalized spacial score (nSPS) is 15.7. The minimum atomic E-state index is -0.248. The van der Waals surface area contributed by atoms with E-state index in [1.165, 1.54) is 0 Å². The van der Waals surface area contributed by atoms with E-state index in [1.54, 1.807) is 12.1 Å². The molecule has 4 rings (SSSR count). The Morgan fingerprint density at radius 1 is 1.09 bits per heavy atom. The van der Waals surface area contributed by atoms with Crippen molar-refractivity contribution in [1.29, 1.82) is 0 Å². The Balaban J connectivity index is 1.59. The molecule has 1 aliphatic rings. The van der Waals surface area contributed by atoms with Crippen LogP contribution in [0.2, 0.25) is 5.02 Å². The van der Waals surface area contributed by atoms with Crippen molar-refractivity contribution in [2.24, 2.45) is 5.10 Å². The Kier molecular flexibility index (Phi) is 6.88. The van der Waals surface area contributed by atoms with Gasteiger partial charge in [0.15, 0.2) is 0 Å². The maximum atomic E-state index is 13.4. The fourth-order valence-corrected chi connectivity index (χ4v) is 4.22. The molecule has 1 amide bonds. The lowest BCUT2D eigenvalue weighted by Crippen LogP contribution is -2.36. The predicted molar refractivity (Wildman–Crippen MR) is 128 cm³/mol. The molecular weight excluding hydrogens is 422 g/mol. The van der Waals surface area contributed by atoms with Crippen molar-refractivity contribution in [2.75, 3.05) is 20.7 Å². The Labute approximate surface area is 193 Å². The van der Waals surface area contributed by atoms with Gasteiger partial charge in [-0.1, -0.05) is 72.3 Å². The minimum absolute atomic E-state index is 0.0637. The van der Waals surface area contributed by atoms with Gasteiger partial charge in [0.1, 0.15) is 5.75 Å². The lowest BCUT2D eigenvalue weighted by atomic mass is 9.98. The molecule has 5 nitrogen and oxygen atoms in total. The fourth-order valence-electron chi connectivity index (χ4n) is 3.96. The Hall–Kier alpha value is -3.15. The summed E-state index contributed by atoms with van der Waals surface area (Å²) >= 11 is 6.51. The van der Waals surface area contributed by atoms with Crippen molar-refractivity contribution in [2.45, 2.75) is 19.0 Å². The van der Waals surface area contributed by atoms with E-state index in [1.807, 2.05) is 78.7 Å². The van der Waals surface area contributed by atoms with Crippen molar-refractivity contribution < 1.29 is 9.53 Å². The third kappa shape index (κ3) is 5.01. The SMILES string of the molecule is COc1cccc(C2=NN(C(=O)CN(C)Cc3ccccc3)C(c3ccccc3Cl)C2)c1. The molecule has 0 saturated heterocycles. The highest BCUT2D eigenvalue weighted by Crippen LogP contribution is 2.36. The van der Waals surface area contributed by atoms with Gasteiger partial charge in [-0.05, 0) is 36.4 Å². The monoisotopic (exact) mass is 447 g/mol. The highest BCUT2D eigenvalue weighted by Gasteiger charge is 2.34. The van der Waals surface area contributed by atoms with Crippen LogP contribution in [0.3, 0.4) is 0 Å². The first-order valence-corrected chi connectivity index (χ1v) is 10.9. The Morgan fingerprint density at radius 2 is 1.84 bits per heavy atom. The van der Waals surface area contributed by atoms with Gasteiger partial charge < -0.3 is 4.74 Å². The second-order valence-corrected chi connectivity index (χ2v) is 8.32. The average molecular weight is 448 g/mol. The highest BCUT2D eigenvalue weighted by molar-refractivity contribution is 6.31. The first kappa shape index (κ1) is 22.1. The van der Waals surface area contributed by atoms with Crippen molar-refractivity contribution in [3.05, 3.63) is 101 Å². The van der Waals surface area contributed by atoms with E-state index in [-0.39, 0.29) is 18.5 Å². The number of amides is 1. The number of carbonyl (C=O) groups excluding carboxylic acids is 1. The van der Waals surface area contributed by atoms with Gasteiger partial charge in [0.05, 0.1) is 25.4 Å². The molecule has 0 saturated carbocycles. The van der Waals surface area contributed by atoms with Crippen LogP contribution in [0.5, 0.6) is 5.75 Å². The molecule has 164 valence electrons. The number of hydrazone groups is 1. The second kappa shape index (κ2) is 9.98. The summed E-state index contributed by atoms with van der Waals surface area (Å²) in [6.07, 6.45) is 0.588. The maximum Gasteiger partial charge on any atom is 0.257 e. The van der Waals surface area contributed by atoms with E-state index in [4.69, 9.17) is 21.4 Å². The Morgan fingerprint density at radius 3 is 2.59 bits per heavy atom. The van der Waals surface area contributed by atoms with Crippen LogP contribution in [-0.4, -0.2) is 42.2 Å². The number of nitrogens with zero attached hydrogens (tertiary/aromatic N) is 3. The molecule has 0 aromatic heterocycles. The standard InChI is InChI=1S/C26H26ClN3O2/c1-29(17-19-9-4-3-5-10-19)18-26(31)30-25(22-13-6-7-14-23(22)27)16-24(28-30)20-11-8-12-21(15-20)32-2/h3-15,25H,16-18H2,1-2H3. The molecule has 1 unspecified atom stereocenters. The third-order valence-corrected chi connectivity index (χ3v) is 5.88. The molecule has 1 atom stereocenters. The summed E-state index contributed by atoms with van der Waals surface area (Å²) < 4.78 is 5.37. The van der Waals surface area contributed by atoms with Gasteiger partial charge in [-0.3, -0.25) is 9.69 Å². The number of ether oxygens (including phenoxy) is 1. The summed E-state index contributed by atoms with van der Waals surface area (Å²) in [6, 6.07) is 25.3. The van der Waals surface area contributed by atoms with E-state index in [9.17, 15) is 4.79 Å². The van der Waals surface area contributed by atoms with Crippen LogP contribution < -0.4 is 4.74 Å². The summed E-state index contributed by atoms with van der Waals surface area (Å²) in [4.78, 5) is 15.4. The van der Waals surface area contributed by atoms with Gasteiger partial charge in [-0.15, -0.1) is 0 Å². The number of hydrogen-bond donors (Lipinski definition) is 0. The van der Waals surface area contributed by atoms with E-state index in [0.29, 0.717) is 18.0 Å². The molecule has 0 spiro atoms. The molecule has 1 heterocycles. The average Bonchev–Trinajstić information content (AvgIpc) is 3.25. The van der Waals surface area contributed by atoms with E-state index in [2.05, 4.69) is 12.1 Å². The molecule has 1 aliphatic heterocycles. The van der Waals surface area contributed by atoms with Crippen LogP contribution in [-0.2, 0) is 11.3 Å². The Bertz CT molecular complexity index is 1120. The van der Waals surface area contributed by atoms with Gasteiger partial charge in [0.25, 0.3) is 5.91 Å². The van der Waals surface area contributed by atoms with Crippen molar-refractivity contribution in [3.8, 4) is 5.75 Å². The second-order valence-electron chi connectivity index (χ2n) is 7.92. The maximum absolute atomic E-state index is 13.4. The highest BCUT2D eigenvalue weighted by atomic mass is 35.5. The minimum Gasteiger partial charge on any atom is -0.497 e. The van der Waals surface area contributed by atoms with Gasteiger partial charge in [0, 0.05) is 23.6 Å². The smallest absolute Gasteiger partial charge is 0.257 e. The molecule has 0 radical (unpaired) electrons. The molecule has 6 heteroatoms. The van der Waals surface area contributed by atoms with Crippen molar-refractivity contribution >= 4 is 23.2 Å². The zero-order valence-electron chi connectivity index (χ0n) is 18.2. The topological polar surface area (TPSA) is 45.1 Å². The van der Waals surface area contributed by atoms with Gasteiger partial charge in [-0.2, -0.15) is 5.10 Å². The summed E-state index contributed by atoms with van der Waals surface area (Å²) in [6.45, 7) is 0.939. The first-order valence-electron chi connectivity index (χ1n) is 10.6. The number of methoxy groups -OCH3 is 1. The molecule has 0 bridgehead atoms. The largest absolute Gasteiger partial charge is 0.497 e. The first-order chi connectivity index (χ1) is 15.5. The third-order valence-electron chi connectivity index (χ3n) is 5.53. The summed E-state index contributed by atoms with van der Waals surface area (Å²) in [5.74, 6) is 0.693. The number of carbonyl (C=O) groups is 1. The quantitative estimate of drug-likeness (QED) is 0.502. The van der Waals surface area contributed by atoms with Crippen LogP contribution >= 0.6 is 11.6 Å². The van der Waals surface area contributed by atoms with Crippen LogP contribution in [0.1, 0.15) is 29.2 Å². The van der Waals surface area contributed by atoms with E-state index >= 15 is 0 Å². The summed E-state index contributed by atoms with van der Waals surface area (Å²) in [5.41, 5.74) is 3.84. The predicted octanol–water partition coefficient (Wildman–Crippen LogP) is 5.16. The molecule has 3 aromatic carbocycles. The van der Waals surface area contributed by atoms with E-state index in [0.717, 1.165) is 28.2 Å². The number of halogens is 1. The molecule has 0 fully saturated rings. The van der Waals surface area contributed by atoms with Gasteiger partial charge in [0.2, 0.25) is 0 Å². The summed E-state index contributed by atoms with van der Waals surface area (Å²) in [5, 5.41) is 6.98. The number of likely N-dealkylation sites (N-methyl/N-ethyl adjacent to an activating group) is 1. The van der Waals surface area contributed by atoms with Gasteiger partial charge >= 0.3 is 0 Å². The van der Waals surface area contributed by atoms with E-state index < -0.39 is 0 Å². The lowest BCUT2D eigenvalue weighted by molar-refractivity contribution is -0.134. The summed E-state index contributed by atoms with van der Waals surface area (Å²) in [7, 11) is 3.58. The van der Waals surface area contributed by atoms with Crippen LogP contribution in [0.25, 0.3) is 0 Å². The van der Waals surface area contributed by atoms with Crippen LogP contribution in [0.15, 0.2) is 84.0 Å². The molecule has 0 aliphatic carbocycles.